The molecule has 0 aliphatic carbocycles. The van der Waals surface area contributed by atoms with Gasteiger partial charge in [-0.25, -0.2) is 9.78 Å². The third-order valence-electron chi connectivity index (χ3n) is 4.21. The normalized spacial score (nSPS) is 10.6. The zero-order valence-corrected chi connectivity index (χ0v) is 16.8. The van der Waals surface area contributed by atoms with Gasteiger partial charge in [0.1, 0.15) is 5.69 Å². The molecule has 0 spiro atoms. The quantitative estimate of drug-likeness (QED) is 0.457. The largest absolute Gasteiger partial charge is 0.481 e. The highest BCUT2D eigenvalue weighted by molar-refractivity contribution is 6.33. The number of carboxylic acid groups (broad SMARTS) is 2. The monoisotopic (exact) mass is 430 g/mol. The van der Waals surface area contributed by atoms with Crippen LogP contribution < -0.4 is 0 Å². The molecule has 0 aliphatic heterocycles. The topological polar surface area (TPSA) is 92.4 Å². The minimum atomic E-state index is -1.04. The summed E-state index contributed by atoms with van der Waals surface area (Å²) >= 11 is 12.4. The molecule has 8 heteroatoms. The lowest BCUT2D eigenvalue weighted by molar-refractivity contribution is -0.134. The van der Waals surface area contributed by atoms with Crippen LogP contribution in [0.4, 0.5) is 0 Å². The van der Waals surface area contributed by atoms with Crippen LogP contribution in [0.1, 0.15) is 23.0 Å². The number of benzene rings is 2. The van der Waals surface area contributed by atoms with E-state index in [1.807, 2.05) is 30.3 Å². The van der Waals surface area contributed by atoms with Crippen LogP contribution in [0.2, 0.25) is 10.0 Å². The van der Waals surface area contributed by atoms with E-state index in [0.717, 1.165) is 34.3 Å². The number of halogens is 2. The molecule has 0 unspecified atom stereocenters. The maximum absolute atomic E-state index is 11.3. The van der Waals surface area contributed by atoms with Gasteiger partial charge < -0.3 is 14.8 Å². The minimum Gasteiger partial charge on any atom is -0.481 e. The van der Waals surface area contributed by atoms with E-state index in [1.54, 1.807) is 24.4 Å². The van der Waals surface area contributed by atoms with Crippen LogP contribution in [-0.4, -0.2) is 31.7 Å². The molecule has 0 amide bonds. The van der Waals surface area contributed by atoms with Crippen molar-refractivity contribution in [2.75, 3.05) is 0 Å². The molecule has 6 nitrogen and oxygen atoms in total. The Morgan fingerprint density at radius 1 is 1.00 bits per heavy atom. The third kappa shape index (κ3) is 4.50. The fourth-order valence-corrected chi connectivity index (χ4v) is 3.44. The van der Waals surface area contributed by atoms with E-state index in [9.17, 15) is 9.90 Å². The molecule has 29 heavy (non-hydrogen) atoms. The number of pyridine rings is 1. The molecule has 2 N–H and O–H groups in total. The maximum atomic E-state index is 11.3. The summed E-state index contributed by atoms with van der Waals surface area (Å²) in [5.74, 6) is -1.88. The third-order valence-corrected chi connectivity index (χ3v) is 4.82. The molecule has 0 radical (unpaired) electrons. The van der Waals surface area contributed by atoms with Crippen molar-refractivity contribution in [1.82, 2.24) is 9.55 Å². The van der Waals surface area contributed by atoms with Gasteiger partial charge >= 0.3 is 5.97 Å². The van der Waals surface area contributed by atoms with Crippen molar-refractivity contribution in [2.45, 2.75) is 13.5 Å². The summed E-state index contributed by atoms with van der Waals surface area (Å²) in [6.07, 6.45) is 1.59. The van der Waals surface area contributed by atoms with Gasteiger partial charge in [0.15, 0.2) is 0 Å². The van der Waals surface area contributed by atoms with Crippen molar-refractivity contribution in [3.63, 3.8) is 0 Å². The van der Waals surface area contributed by atoms with Gasteiger partial charge in [0.05, 0.1) is 11.7 Å². The molecule has 0 bridgehead atoms. The van der Waals surface area contributed by atoms with E-state index in [0.29, 0.717) is 16.6 Å². The Bertz CT molecular complexity index is 1230. The van der Waals surface area contributed by atoms with Crippen molar-refractivity contribution in [3.05, 3.63) is 76.0 Å². The standard InChI is InChI=1S/C19H12Cl2N2O2.C2H4O2/c20-12-5-6-15(21)11(7-12)10-23-17-4-2-1-3-13(17)14-8-16(19(24)25)22-9-18(14)23;1-2(3)4/h1-9H,10H2,(H,24,25);1H3,(H,3,4). The second-order valence-electron chi connectivity index (χ2n) is 6.25. The Labute approximate surface area is 175 Å². The first-order valence-electron chi connectivity index (χ1n) is 8.51. The van der Waals surface area contributed by atoms with Crippen LogP contribution in [0.5, 0.6) is 0 Å². The molecule has 4 rings (SSSR count). The maximum Gasteiger partial charge on any atom is 0.354 e. The number of hydrogen-bond acceptors (Lipinski definition) is 3. The number of carbonyl (C=O) groups is 2. The first-order chi connectivity index (χ1) is 13.8. The second-order valence-corrected chi connectivity index (χ2v) is 7.09. The highest BCUT2D eigenvalue weighted by Crippen LogP contribution is 2.31. The first kappa shape index (κ1) is 20.6. The zero-order valence-electron chi connectivity index (χ0n) is 15.3. The Kier molecular flexibility index (Phi) is 6.06. The van der Waals surface area contributed by atoms with E-state index in [4.69, 9.17) is 33.1 Å². The number of nitrogens with zero attached hydrogens (tertiary/aromatic N) is 2. The molecule has 2 aromatic carbocycles. The number of para-hydroxylation sites is 1. The molecule has 2 aromatic heterocycles. The molecule has 0 fully saturated rings. The summed E-state index contributed by atoms with van der Waals surface area (Å²) in [6.45, 7) is 1.59. The summed E-state index contributed by atoms with van der Waals surface area (Å²) < 4.78 is 2.07. The lowest BCUT2D eigenvalue weighted by Crippen LogP contribution is -2.02. The van der Waals surface area contributed by atoms with Crippen LogP contribution in [0.3, 0.4) is 0 Å². The van der Waals surface area contributed by atoms with Crippen LogP contribution in [0.25, 0.3) is 21.8 Å². The lowest BCUT2D eigenvalue weighted by Gasteiger charge is -2.10. The van der Waals surface area contributed by atoms with Gasteiger partial charge in [-0.3, -0.25) is 4.79 Å². The summed E-state index contributed by atoms with van der Waals surface area (Å²) in [4.78, 5) is 24.3. The zero-order chi connectivity index (χ0) is 21.1. The van der Waals surface area contributed by atoms with E-state index in [-0.39, 0.29) is 5.69 Å². The summed E-state index contributed by atoms with van der Waals surface area (Å²) in [5.41, 5.74) is 2.75. The summed E-state index contributed by atoms with van der Waals surface area (Å²) in [7, 11) is 0. The van der Waals surface area contributed by atoms with Crippen LogP contribution in [0.15, 0.2) is 54.7 Å². The fraction of sp³-hybridized carbons (Fsp3) is 0.0952. The minimum absolute atomic E-state index is 0.0243. The smallest absolute Gasteiger partial charge is 0.354 e. The summed E-state index contributed by atoms with van der Waals surface area (Å²) in [5, 5.41) is 19.7. The number of carboxylic acids is 2. The van der Waals surface area contributed by atoms with Crippen LogP contribution in [-0.2, 0) is 11.3 Å². The van der Waals surface area contributed by atoms with Gasteiger partial charge in [-0.05, 0) is 35.9 Å². The average Bonchev–Trinajstić information content (AvgIpc) is 2.98. The number of rotatable bonds is 3. The van der Waals surface area contributed by atoms with Gasteiger partial charge in [-0.2, -0.15) is 0 Å². The molecular formula is C21H16Cl2N2O4. The van der Waals surface area contributed by atoms with Gasteiger partial charge in [-0.1, -0.05) is 41.4 Å². The number of aromatic carboxylic acids is 1. The fourth-order valence-electron chi connectivity index (χ4n) is 3.07. The predicted molar refractivity (Wildman–Crippen MR) is 113 cm³/mol. The molecule has 2 heterocycles. The van der Waals surface area contributed by atoms with Gasteiger partial charge in [0, 0.05) is 39.8 Å². The predicted octanol–water partition coefficient (Wildman–Crippen LogP) is 5.33. The first-order valence-corrected chi connectivity index (χ1v) is 9.27. The summed E-state index contributed by atoms with van der Waals surface area (Å²) in [6, 6.07) is 14.8. The molecular weight excluding hydrogens is 415 g/mol. The molecule has 0 aliphatic rings. The van der Waals surface area contributed by atoms with E-state index in [1.165, 1.54) is 0 Å². The van der Waals surface area contributed by atoms with Crippen LogP contribution >= 0.6 is 23.2 Å². The molecule has 0 saturated heterocycles. The highest BCUT2D eigenvalue weighted by atomic mass is 35.5. The number of aliphatic carboxylic acids is 1. The number of hydrogen-bond donors (Lipinski definition) is 2. The van der Waals surface area contributed by atoms with Gasteiger partial charge in [-0.15, -0.1) is 0 Å². The van der Waals surface area contributed by atoms with E-state index in [2.05, 4.69) is 9.55 Å². The highest BCUT2D eigenvalue weighted by Gasteiger charge is 2.15. The molecule has 0 atom stereocenters. The van der Waals surface area contributed by atoms with Crippen LogP contribution in [0, 0.1) is 0 Å². The molecule has 4 aromatic rings. The van der Waals surface area contributed by atoms with Crippen molar-refractivity contribution < 1.29 is 19.8 Å². The number of aromatic nitrogens is 2. The van der Waals surface area contributed by atoms with E-state index < -0.39 is 11.9 Å². The van der Waals surface area contributed by atoms with Crippen molar-refractivity contribution >= 4 is 56.9 Å². The van der Waals surface area contributed by atoms with Crippen molar-refractivity contribution in [3.8, 4) is 0 Å². The Morgan fingerprint density at radius 3 is 2.38 bits per heavy atom. The Hall–Kier alpha value is -3.09. The molecule has 0 saturated carbocycles. The SMILES string of the molecule is CC(=O)O.O=C(O)c1cc2c3ccccc3n(Cc3cc(Cl)ccc3Cl)c2cn1. The Balaban J connectivity index is 0.000000552. The lowest BCUT2D eigenvalue weighted by atomic mass is 10.1. The van der Waals surface area contributed by atoms with Gasteiger partial charge in [0.2, 0.25) is 0 Å². The molecule has 148 valence electrons. The van der Waals surface area contributed by atoms with Gasteiger partial charge in [0.25, 0.3) is 5.97 Å². The second kappa shape index (κ2) is 8.51. The van der Waals surface area contributed by atoms with E-state index >= 15 is 0 Å². The van der Waals surface area contributed by atoms with Crippen molar-refractivity contribution in [1.29, 1.82) is 0 Å². The number of fused-ring (bicyclic) bond motifs is 3. The Morgan fingerprint density at radius 2 is 1.69 bits per heavy atom. The van der Waals surface area contributed by atoms with Crippen molar-refractivity contribution in [2.24, 2.45) is 0 Å². The average molecular weight is 431 g/mol.